The van der Waals surface area contributed by atoms with E-state index in [1.807, 2.05) is 0 Å². The number of hydrogen-bond acceptors (Lipinski definition) is 2. The van der Waals surface area contributed by atoms with Gasteiger partial charge in [0.1, 0.15) is 0 Å². The molecule has 0 saturated heterocycles. The molecule has 1 aromatic carbocycles. The van der Waals surface area contributed by atoms with E-state index >= 15 is 0 Å². The van der Waals surface area contributed by atoms with Crippen LogP contribution < -0.4 is 5.32 Å². The summed E-state index contributed by atoms with van der Waals surface area (Å²) in [6.45, 7) is 3.43. The maximum absolute atomic E-state index is 11.9. The Balaban J connectivity index is 2.55. The number of aliphatic carboxylic acids is 1. The van der Waals surface area contributed by atoms with Gasteiger partial charge in [0.05, 0.1) is 5.92 Å². The standard InChI is InChI=1S/C14H17Cl2NO3/c1-8(13(18)17-7-9(2)14(19)20)5-10-3-4-11(15)6-12(10)16/h3-4,6,8-9H,5,7H2,1-2H3,(H,17,18)(H,19,20). The Hall–Kier alpha value is -1.26. The van der Waals surface area contributed by atoms with E-state index in [1.54, 1.807) is 32.0 Å². The molecule has 1 amide bonds. The van der Waals surface area contributed by atoms with Crippen molar-refractivity contribution in [3.05, 3.63) is 33.8 Å². The fourth-order valence-corrected chi connectivity index (χ4v) is 2.11. The van der Waals surface area contributed by atoms with Gasteiger partial charge in [-0.3, -0.25) is 9.59 Å². The highest BCUT2D eigenvalue weighted by Crippen LogP contribution is 2.23. The van der Waals surface area contributed by atoms with Crippen LogP contribution in [0.1, 0.15) is 19.4 Å². The Kier molecular flexibility index (Phi) is 6.30. The average Bonchev–Trinajstić information content (AvgIpc) is 2.38. The third kappa shape index (κ3) is 5.02. The van der Waals surface area contributed by atoms with Crippen molar-refractivity contribution < 1.29 is 14.7 Å². The van der Waals surface area contributed by atoms with Crippen molar-refractivity contribution in [2.24, 2.45) is 11.8 Å². The zero-order chi connectivity index (χ0) is 15.3. The van der Waals surface area contributed by atoms with E-state index in [0.717, 1.165) is 5.56 Å². The maximum atomic E-state index is 11.9. The first-order valence-electron chi connectivity index (χ1n) is 6.25. The minimum absolute atomic E-state index is 0.118. The lowest BCUT2D eigenvalue weighted by molar-refractivity contribution is -0.141. The SMILES string of the molecule is CC(CNC(=O)C(C)Cc1ccc(Cl)cc1Cl)C(=O)O. The molecule has 20 heavy (non-hydrogen) atoms. The number of carboxylic acid groups (broad SMARTS) is 1. The average molecular weight is 318 g/mol. The van der Waals surface area contributed by atoms with Crippen molar-refractivity contribution in [2.45, 2.75) is 20.3 Å². The quantitative estimate of drug-likeness (QED) is 0.847. The molecule has 2 unspecified atom stereocenters. The van der Waals surface area contributed by atoms with E-state index in [2.05, 4.69) is 5.32 Å². The van der Waals surface area contributed by atoms with Crippen LogP contribution in [0, 0.1) is 11.8 Å². The van der Waals surface area contributed by atoms with Crippen molar-refractivity contribution in [3.8, 4) is 0 Å². The van der Waals surface area contributed by atoms with Gasteiger partial charge in [0, 0.05) is 22.5 Å². The fraction of sp³-hybridized carbons (Fsp3) is 0.429. The third-order valence-electron chi connectivity index (χ3n) is 2.99. The van der Waals surface area contributed by atoms with Gasteiger partial charge in [-0.15, -0.1) is 0 Å². The summed E-state index contributed by atoms with van der Waals surface area (Å²) in [5.41, 5.74) is 0.838. The second-order valence-corrected chi connectivity index (χ2v) is 5.67. The Morgan fingerprint density at radius 1 is 1.25 bits per heavy atom. The molecule has 0 aliphatic heterocycles. The molecule has 0 fully saturated rings. The second kappa shape index (κ2) is 7.50. The largest absolute Gasteiger partial charge is 0.481 e. The van der Waals surface area contributed by atoms with E-state index in [1.165, 1.54) is 0 Å². The lowest BCUT2D eigenvalue weighted by atomic mass is 10.00. The summed E-state index contributed by atoms with van der Waals surface area (Å²) in [6.07, 6.45) is 0.475. The fourth-order valence-electron chi connectivity index (χ4n) is 1.63. The van der Waals surface area contributed by atoms with Crippen molar-refractivity contribution in [1.82, 2.24) is 5.32 Å². The lowest BCUT2D eigenvalue weighted by Gasteiger charge is -2.14. The summed E-state index contributed by atoms with van der Waals surface area (Å²) < 4.78 is 0. The van der Waals surface area contributed by atoms with Crippen LogP contribution in [-0.4, -0.2) is 23.5 Å². The summed E-state index contributed by atoms with van der Waals surface area (Å²) in [4.78, 5) is 22.5. The Morgan fingerprint density at radius 3 is 2.45 bits per heavy atom. The molecule has 0 heterocycles. The normalized spacial score (nSPS) is 13.6. The van der Waals surface area contributed by atoms with Crippen LogP contribution in [0.5, 0.6) is 0 Å². The van der Waals surface area contributed by atoms with Gasteiger partial charge >= 0.3 is 5.97 Å². The molecule has 0 aliphatic carbocycles. The zero-order valence-electron chi connectivity index (χ0n) is 11.3. The Bertz CT molecular complexity index is 505. The molecule has 1 rings (SSSR count). The minimum Gasteiger partial charge on any atom is -0.481 e. The summed E-state index contributed by atoms with van der Waals surface area (Å²) in [5, 5.41) is 12.4. The number of hydrogen-bond donors (Lipinski definition) is 2. The molecule has 2 N–H and O–H groups in total. The number of benzene rings is 1. The van der Waals surface area contributed by atoms with Crippen LogP contribution in [0.15, 0.2) is 18.2 Å². The molecule has 0 aromatic heterocycles. The molecular weight excluding hydrogens is 301 g/mol. The van der Waals surface area contributed by atoms with Crippen LogP contribution in [0.4, 0.5) is 0 Å². The van der Waals surface area contributed by atoms with Gasteiger partial charge in [-0.05, 0) is 24.1 Å². The highest BCUT2D eigenvalue weighted by atomic mass is 35.5. The second-order valence-electron chi connectivity index (χ2n) is 4.83. The Morgan fingerprint density at radius 2 is 1.90 bits per heavy atom. The van der Waals surface area contributed by atoms with Crippen LogP contribution in [-0.2, 0) is 16.0 Å². The van der Waals surface area contributed by atoms with Gasteiger partial charge in [-0.2, -0.15) is 0 Å². The first-order chi connectivity index (χ1) is 9.31. The number of carbonyl (C=O) groups is 2. The molecule has 6 heteroatoms. The highest BCUT2D eigenvalue weighted by Gasteiger charge is 2.17. The molecule has 1 aromatic rings. The molecule has 0 saturated carbocycles. The topological polar surface area (TPSA) is 66.4 Å². The van der Waals surface area contributed by atoms with E-state index < -0.39 is 11.9 Å². The number of nitrogens with one attached hydrogen (secondary N) is 1. The summed E-state index contributed by atoms with van der Waals surface area (Å²) in [5.74, 6) is -2.03. The smallest absolute Gasteiger partial charge is 0.308 e. The van der Waals surface area contributed by atoms with Gasteiger partial charge in [0.25, 0.3) is 0 Å². The number of halogens is 2. The van der Waals surface area contributed by atoms with Crippen molar-refractivity contribution in [1.29, 1.82) is 0 Å². The summed E-state index contributed by atoms with van der Waals surface area (Å²) in [6, 6.07) is 5.14. The van der Waals surface area contributed by atoms with Crippen molar-refractivity contribution >= 4 is 35.1 Å². The predicted octanol–water partition coefficient (Wildman–Crippen LogP) is 3.01. The van der Waals surface area contributed by atoms with Gasteiger partial charge in [-0.1, -0.05) is 43.1 Å². The van der Waals surface area contributed by atoms with Gasteiger partial charge in [0.15, 0.2) is 0 Å². The van der Waals surface area contributed by atoms with Crippen molar-refractivity contribution in [2.75, 3.05) is 6.54 Å². The predicted molar refractivity (Wildman–Crippen MR) is 79.1 cm³/mol. The minimum atomic E-state index is -0.932. The number of rotatable bonds is 6. The lowest BCUT2D eigenvalue weighted by Crippen LogP contribution is -2.35. The molecule has 0 aliphatic rings. The molecule has 0 radical (unpaired) electrons. The molecule has 0 bridgehead atoms. The van der Waals surface area contributed by atoms with Gasteiger partial charge in [0.2, 0.25) is 5.91 Å². The number of carbonyl (C=O) groups excluding carboxylic acids is 1. The molecule has 2 atom stereocenters. The molecule has 0 spiro atoms. The van der Waals surface area contributed by atoms with Gasteiger partial charge < -0.3 is 10.4 Å². The molecular formula is C14H17Cl2NO3. The van der Waals surface area contributed by atoms with Crippen LogP contribution in [0.3, 0.4) is 0 Å². The highest BCUT2D eigenvalue weighted by molar-refractivity contribution is 6.35. The van der Waals surface area contributed by atoms with E-state index in [-0.39, 0.29) is 18.4 Å². The summed E-state index contributed by atoms with van der Waals surface area (Å²) >= 11 is 11.9. The van der Waals surface area contributed by atoms with Gasteiger partial charge in [-0.25, -0.2) is 0 Å². The maximum Gasteiger partial charge on any atom is 0.308 e. The molecule has 110 valence electrons. The number of carboxylic acids is 1. The van der Waals surface area contributed by atoms with E-state index in [0.29, 0.717) is 16.5 Å². The third-order valence-corrected chi connectivity index (χ3v) is 3.58. The van der Waals surface area contributed by atoms with Crippen molar-refractivity contribution in [3.63, 3.8) is 0 Å². The molecule has 4 nitrogen and oxygen atoms in total. The zero-order valence-corrected chi connectivity index (χ0v) is 12.8. The van der Waals surface area contributed by atoms with E-state index in [9.17, 15) is 9.59 Å². The van der Waals surface area contributed by atoms with E-state index in [4.69, 9.17) is 28.3 Å². The monoisotopic (exact) mass is 317 g/mol. The van der Waals surface area contributed by atoms with Crippen LogP contribution >= 0.6 is 23.2 Å². The van der Waals surface area contributed by atoms with Crippen LogP contribution in [0.2, 0.25) is 10.0 Å². The van der Waals surface area contributed by atoms with Crippen LogP contribution in [0.25, 0.3) is 0 Å². The number of amides is 1. The first-order valence-corrected chi connectivity index (χ1v) is 7.01. The first kappa shape index (κ1) is 16.8. The summed E-state index contributed by atoms with van der Waals surface area (Å²) in [7, 11) is 0. The Labute approximate surface area is 128 Å².